The van der Waals surface area contributed by atoms with Crippen LogP contribution in [0.2, 0.25) is 5.02 Å². The van der Waals surface area contributed by atoms with E-state index in [0.29, 0.717) is 35.3 Å². The van der Waals surface area contributed by atoms with Crippen LogP contribution >= 0.6 is 11.6 Å². The lowest BCUT2D eigenvalue weighted by molar-refractivity contribution is 0.0998. The fraction of sp³-hybridized carbons (Fsp3) is 0.286. The number of hydrogen-bond donors (Lipinski definition) is 1. The van der Waals surface area contributed by atoms with E-state index in [1.165, 1.54) is 0 Å². The van der Waals surface area contributed by atoms with Crippen LogP contribution in [-0.2, 0) is 4.74 Å². The number of morpholine rings is 1. The number of para-hydroxylation sites is 1. The minimum Gasteiger partial charge on any atom is -0.497 e. The van der Waals surface area contributed by atoms with Gasteiger partial charge in [0.2, 0.25) is 0 Å². The molecule has 1 aliphatic heterocycles. The van der Waals surface area contributed by atoms with Crippen molar-refractivity contribution >= 4 is 39.9 Å². The summed E-state index contributed by atoms with van der Waals surface area (Å²) in [6.45, 7) is 4.55. The van der Waals surface area contributed by atoms with Gasteiger partial charge in [-0.1, -0.05) is 17.7 Å². The van der Waals surface area contributed by atoms with Crippen molar-refractivity contribution in [3.05, 3.63) is 52.7 Å². The minimum absolute atomic E-state index is 0.274. The number of nitrogens with zero attached hydrogens (tertiary/aromatic N) is 1. The molecule has 1 fully saturated rings. The highest BCUT2D eigenvalue weighted by Gasteiger charge is 2.22. The fourth-order valence-corrected chi connectivity index (χ4v) is 3.74. The van der Waals surface area contributed by atoms with Crippen LogP contribution in [0.15, 0.2) is 40.8 Å². The van der Waals surface area contributed by atoms with Crippen LogP contribution in [0, 0.1) is 6.92 Å². The summed E-state index contributed by atoms with van der Waals surface area (Å²) in [6, 6.07) is 11.0. The zero-order valence-electron chi connectivity index (χ0n) is 15.8. The highest BCUT2D eigenvalue weighted by molar-refractivity contribution is 6.34. The van der Waals surface area contributed by atoms with E-state index in [0.717, 1.165) is 29.7 Å². The number of rotatable bonds is 4. The number of fused-ring (bicyclic) bond motifs is 1. The third-order valence-corrected chi connectivity index (χ3v) is 5.22. The molecule has 28 heavy (non-hydrogen) atoms. The van der Waals surface area contributed by atoms with Crippen LogP contribution in [-0.4, -0.2) is 39.3 Å². The number of benzene rings is 2. The van der Waals surface area contributed by atoms with Crippen molar-refractivity contribution in [2.75, 3.05) is 43.6 Å². The number of aryl methyl sites for hydroxylation is 1. The second-order valence-corrected chi connectivity index (χ2v) is 7.02. The minimum atomic E-state index is -0.315. The van der Waals surface area contributed by atoms with Gasteiger partial charge in [-0.3, -0.25) is 4.79 Å². The SMILES string of the molecule is COc1ccc2oc(C(=O)Nc3cccc(Cl)c3N3CCOCC3)c(C)c2c1. The van der Waals surface area contributed by atoms with Crippen molar-refractivity contribution in [2.24, 2.45) is 0 Å². The molecule has 0 saturated carbocycles. The number of ether oxygens (including phenoxy) is 2. The smallest absolute Gasteiger partial charge is 0.291 e. The number of anilines is 2. The van der Waals surface area contributed by atoms with E-state index in [9.17, 15) is 4.79 Å². The van der Waals surface area contributed by atoms with Gasteiger partial charge in [0.25, 0.3) is 5.91 Å². The van der Waals surface area contributed by atoms with Gasteiger partial charge in [0.05, 0.1) is 36.7 Å². The molecule has 7 heteroatoms. The Hall–Kier alpha value is -2.70. The van der Waals surface area contributed by atoms with E-state index in [-0.39, 0.29) is 11.7 Å². The molecule has 2 aromatic carbocycles. The second-order valence-electron chi connectivity index (χ2n) is 6.61. The van der Waals surface area contributed by atoms with Gasteiger partial charge >= 0.3 is 0 Å². The Morgan fingerprint density at radius 2 is 2.00 bits per heavy atom. The maximum Gasteiger partial charge on any atom is 0.291 e. The lowest BCUT2D eigenvalue weighted by Crippen LogP contribution is -2.37. The van der Waals surface area contributed by atoms with Gasteiger partial charge in [0.1, 0.15) is 11.3 Å². The van der Waals surface area contributed by atoms with Gasteiger partial charge < -0.3 is 24.1 Å². The molecular weight excluding hydrogens is 380 g/mol. The van der Waals surface area contributed by atoms with Crippen LogP contribution in [0.5, 0.6) is 5.75 Å². The molecule has 3 aromatic rings. The Morgan fingerprint density at radius 3 is 2.75 bits per heavy atom. The average molecular weight is 401 g/mol. The van der Waals surface area contributed by atoms with Crippen LogP contribution in [0.4, 0.5) is 11.4 Å². The molecule has 1 amide bonds. The molecule has 0 bridgehead atoms. The van der Waals surface area contributed by atoms with Crippen LogP contribution < -0.4 is 15.0 Å². The number of halogens is 1. The molecule has 0 atom stereocenters. The van der Waals surface area contributed by atoms with Crippen molar-refractivity contribution in [1.82, 2.24) is 0 Å². The van der Waals surface area contributed by atoms with E-state index in [4.69, 9.17) is 25.5 Å². The Labute approximate surface area is 168 Å². The van der Waals surface area contributed by atoms with Gasteiger partial charge in [-0.15, -0.1) is 0 Å². The predicted octanol–water partition coefficient (Wildman–Crippen LogP) is 4.49. The number of carbonyl (C=O) groups is 1. The lowest BCUT2D eigenvalue weighted by atomic mass is 10.1. The summed E-state index contributed by atoms with van der Waals surface area (Å²) in [5.74, 6) is 0.674. The number of furan rings is 1. The summed E-state index contributed by atoms with van der Waals surface area (Å²) in [6.07, 6.45) is 0. The van der Waals surface area contributed by atoms with Crippen LogP contribution in [0.1, 0.15) is 16.1 Å². The Morgan fingerprint density at radius 1 is 1.21 bits per heavy atom. The average Bonchev–Trinajstić information content (AvgIpc) is 3.05. The summed E-state index contributed by atoms with van der Waals surface area (Å²) in [5, 5.41) is 4.40. The Bertz CT molecular complexity index is 1020. The predicted molar refractivity (Wildman–Crippen MR) is 110 cm³/mol. The van der Waals surface area contributed by atoms with Gasteiger partial charge in [-0.2, -0.15) is 0 Å². The van der Waals surface area contributed by atoms with Crippen molar-refractivity contribution in [1.29, 1.82) is 0 Å². The zero-order chi connectivity index (χ0) is 19.7. The van der Waals surface area contributed by atoms with Crippen molar-refractivity contribution in [2.45, 2.75) is 6.92 Å². The molecule has 1 aliphatic rings. The van der Waals surface area contributed by atoms with Gasteiger partial charge in [-0.05, 0) is 37.3 Å². The second kappa shape index (κ2) is 7.73. The largest absolute Gasteiger partial charge is 0.497 e. The summed E-state index contributed by atoms with van der Waals surface area (Å²) >= 11 is 6.45. The quantitative estimate of drug-likeness (QED) is 0.699. The number of nitrogens with one attached hydrogen (secondary N) is 1. The first-order chi connectivity index (χ1) is 13.6. The first-order valence-corrected chi connectivity index (χ1v) is 9.46. The van der Waals surface area contributed by atoms with E-state index in [1.54, 1.807) is 19.2 Å². The molecule has 6 nitrogen and oxygen atoms in total. The van der Waals surface area contributed by atoms with E-state index in [1.807, 2.05) is 31.2 Å². The molecule has 1 N–H and O–H groups in total. The molecule has 146 valence electrons. The summed E-state index contributed by atoms with van der Waals surface area (Å²) in [5.41, 5.74) is 2.86. The number of hydrogen-bond acceptors (Lipinski definition) is 5. The topological polar surface area (TPSA) is 63.9 Å². The summed E-state index contributed by atoms with van der Waals surface area (Å²) < 4.78 is 16.5. The molecule has 2 heterocycles. The molecule has 0 unspecified atom stereocenters. The van der Waals surface area contributed by atoms with E-state index in [2.05, 4.69) is 10.2 Å². The molecule has 0 aliphatic carbocycles. The van der Waals surface area contributed by atoms with Gasteiger partial charge in [0, 0.05) is 24.0 Å². The monoisotopic (exact) mass is 400 g/mol. The van der Waals surface area contributed by atoms with Crippen LogP contribution in [0.25, 0.3) is 11.0 Å². The number of amides is 1. The standard InChI is InChI=1S/C21H21ClN2O4/c1-13-15-12-14(26-2)6-7-18(15)28-20(13)21(25)23-17-5-3-4-16(22)19(17)24-8-10-27-11-9-24/h3-7,12H,8-11H2,1-2H3,(H,23,25). The third-order valence-electron chi connectivity index (χ3n) is 4.91. The summed E-state index contributed by atoms with van der Waals surface area (Å²) in [7, 11) is 1.61. The maximum absolute atomic E-state index is 13.0. The molecular formula is C21H21ClN2O4. The van der Waals surface area contributed by atoms with Crippen molar-refractivity contribution < 1.29 is 18.7 Å². The molecule has 0 radical (unpaired) electrons. The normalized spacial score (nSPS) is 14.3. The first kappa shape index (κ1) is 18.7. The van der Waals surface area contributed by atoms with Crippen LogP contribution in [0.3, 0.4) is 0 Å². The van der Waals surface area contributed by atoms with Gasteiger partial charge in [0.15, 0.2) is 5.76 Å². The highest BCUT2D eigenvalue weighted by atomic mass is 35.5. The fourth-order valence-electron chi connectivity index (χ4n) is 3.45. The van der Waals surface area contributed by atoms with Crippen molar-refractivity contribution in [3.8, 4) is 5.75 Å². The molecule has 0 spiro atoms. The highest BCUT2D eigenvalue weighted by Crippen LogP contribution is 2.35. The van der Waals surface area contributed by atoms with Gasteiger partial charge in [-0.25, -0.2) is 0 Å². The number of carbonyl (C=O) groups excluding carboxylic acids is 1. The number of methoxy groups -OCH3 is 1. The first-order valence-electron chi connectivity index (χ1n) is 9.08. The molecule has 4 rings (SSSR count). The lowest BCUT2D eigenvalue weighted by Gasteiger charge is -2.31. The van der Waals surface area contributed by atoms with E-state index >= 15 is 0 Å². The Kier molecular flexibility index (Phi) is 5.15. The summed E-state index contributed by atoms with van der Waals surface area (Å²) in [4.78, 5) is 15.1. The maximum atomic E-state index is 13.0. The zero-order valence-corrected chi connectivity index (χ0v) is 16.5. The third kappa shape index (κ3) is 3.41. The molecule has 1 aromatic heterocycles. The molecule has 1 saturated heterocycles. The van der Waals surface area contributed by atoms with E-state index < -0.39 is 0 Å². The Balaban J connectivity index is 1.67. The van der Waals surface area contributed by atoms with Crippen molar-refractivity contribution in [3.63, 3.8) is 0 Å².